The molecular formula is C15H22O3. The van der Waals surface area contributed by atoms with Crippen LogP contribution < -0.4 is 0 Å². The molecule has 100 valence electrons. The van der Waals surface area contributed by atoms with Gasteiger partial charge in [-0.25, -0.2) is 0 Å². The molecule has 1 heterocycles. The van der Waals surface area contributed by atoms with Crippen molar-refractivity contribution in [2.45, 2.75) is 44.8 Å². The van der Waals surface area contributed by atoms with Gasteiger partial charge in [-0.05, 0) is 37.7 Å². The molecule has 0 aromatic carbocycles. The van der Waals surface area contributed by atoms with Crippen LogP contribution in [0, 0.1) is 5.41 Å². The van der Waals surface area contributed by atoms with Crippen molar-refractivity contribution in [2.24, 2.45) is 5.41 Å². The zero-order valence-corrected chi connectivity index (χ0v) is 11.1. The van der Waals surface area contributed by atoms with Gasteiger partial charge in [-0.15, -0.1) is 6.58 Å². The maximum atomic E-state index is 11.3. The summed E-state index contributed by atoms with van der Waals surface area (Å²) in [5.74, 6) is -0.210. The zero-order valence-electron chi connectivity index (χ0n) is 11.1. The number of carbonyl (C=O) groups excluding carboxylic acids is 1. The third kappa shape index (κ3) is 3.09. The molecule has 2 rings (SSSR count). The molecule has 3 heteroatoms. The second-order valence-corrected chi connectivity index (χ2v) is 5.49. The Hall–Kier alpha value is -0.930. The second kappa shape index (κ2) is 5.37. The summed E-state index contributed by atoms with van der Waals surface area (Å²) in [6, 6.07) is 0. The minimum Gasteiger partial charge on any atom is -0.348 e. The van der Waals surface area contributed by atoms with E-state index >= 15 is 0 Å². The van der Waals surface area contributed by atoms with Crippen LogP contribution in [0.2, 0.25) is 0 Å². The Balaban J connectivity index is 2.00. The van der Waals surface area contributed by atoms with Crippen molar-refractivity contribution in [1.82, 2.24) is 0 Å². The van der Waals surface area contributed by atoms with Gasteiger partial charge < -0.3 is 9.47 Å². The van der Waals surface area contributed by atoms with Gasteiger partial charge in [-0.2, -0.15) is 0 Å². The average molecular weight is 250 g/mol. The van der Waals surface area contributed by atoms with Crippen LogP contribution >= 0.6 is 0 Å². The lowest BCUT2D eigenvalue weighted by molar-refractivity contribution is -0.151. The number of hydrogen-bond donors (Lipinski definition) is 0. The van der Waals surface area contributed by atoms with Gasteiger partial charge in [0.15, 0.2) is 11.6 Å². The van der Waals surface area contributed by atoms with Crippen LogP contribution in [0.4, 0.5) is 0 Å². The van der Waals surface area contributed by atoms with Crippen LogP contribution in [0.25, 0.3) is 0 Å². The molecule has 0 radical (unpaired) electrons. The second-order valence-electron chi connectivity index (χ2n) is 5.49. The molecule has 1 aliphatic heterocycles. The first kappa shape index (κ1) is 13.5. The van der Waals surface area contributed by atoms with Gasteiger partial charge in [0.05, 0.1) is 13.2 Å². The molecule has 0 N–H and O–H groups in total. The minimum atomic E-state index is -0.441. The van der Waals surface area contributed by atoms with E-state index in [0.717, 1.165) is 25.7 Å². The molecule has 0 spiro atoms. The number of carbonyl (C=O) groups is 1. The highest BCUT2D eigenvalue weighted by Gasteiger charge is 2.36. The van der Waals surface area contributed by atoms with Gasteiger partial charge in [-0.3, -0.25) is 4.79 Å². The fourth-order valence-corrected chi connectivity index (χ4v) is 2.75. The number of hydrogen-bond acceptors (Lipinski definition) is 3. The summed E-state index contributed by atoms with van der Waals surface area (Å²) in [7, 11) is 0. The smallest absolute Gasteiger partial charge is 0.165 e. The summed E-state index contributed by atoms with van der Waals surface area (Å²) < 4.78 is 11.3. The van der Waals surface area contributed by atoms with E-state index in [1.54, 1.807) is 6.08 Å². The van der Waals surface area contributed by atoms with E-state index in [4.69, 9.17) is 9.47 Å². The summed E-state index contributed by atoms with van der Waals surface area (Å²) in [5, 5.41) is 0. The van der Waals surface area contributed by atoms with Crippen molar-refractivity contribution in [1.29, 1.82) is 0 Å². The SMILES string of the molecule is C=CCC1(CCC2(C)OCCO2)C=CC(=O)CC1. The molecular weight excluding hydrogens is 228 g/mol. The number of rotatable bonds is 5. The Morgan fingerprint density at radius 1 is 1.39 bits per heavy atom. The van der Waals surface area contributed by atoms with E-state index in [2.05, 4.69) is 12.7 Å². The highest BCUT2D eigenvalue weighted by atomic mass is 16.7. The molecule has 0 saturated carbocycles. The minimum absolute atomic E-state index is 0.0635. The topological polar surface area (TPSA) is 35.5 Å². The Morgan fingerprint density at radius 2 is 2.11 bits per heavy atom. The summed E-state index contributed by atoms with van der Waals surface area (Å²) in [6.45, 7) is 7.19. The molecule has 3 nitrogen and oxygen atoms in total. The largest absolute Gasteiger partial charge is 0.348 e. The zero-order chi connectivity index (χ0) is 13.1. The van der Waals surface area contributed by atoms with Crippen LogP contribution in [0.15, 0.2) is 24.8 Å². The van der Waals surface area contributed by atoms with Crippen LogP contribution in [0.5, 0.6) is 0 Å². The van der Waals surface area contributed by atoms with Crippen LogP contribution in [-0.4, -0.2) is 24.8 Å². The average Bonchev–Trinajstić information content (AvgIpc) is 2.79. The molecule has 0 amide bonds. The van der Waals surface area contributed by atoms with Gasteiger partial charge in [0.2, 0.25) is 0 Å². The lowest BCUT2D eigenvalue weighted by atomic mass is 9.72. The maximum Gasteiger partial charge on any atom is 0.165 e. The monoisotopic (exact) mass is 250 g/mol. The Labute approximate surface area is 109 Å². The summed E-state index contributed by atoms with van der Waals surface area (Å²) in [4.78, 5) is 11.3. The third-order valence-corrected chi connectivity index (χ3v) is 4.02. The number of ether oxygens (including phenoxy) is 2. The lowest BCUT2D eigenvalue weighted by Crippen LogP contribution is -2.30. The fourth-order valence-electron chi connectivity index (χ4n) is 2.75. The lowest BCUT2D eigenvalue weighted by Gasteiger charge is -2.34. The Bertz CT molecular complexity index is 353. The summed E-state index contributed by atoms with van der Waals surface area (Å²) in [6.07, 6.45) is 10.0. The predicted molar refractivity (Wildman–Crippen MR) is 70.2 cm³/mol. The molecule has 1 atom stereocenters. The maximum absolute atomic E-state index is 11.3. The van der Waals surface area contributed by atoms with Gasteiger partial charge in [0.25, 0.3) is 0 Å². The number of allylic oxidation sites excluding steroid dienone is 3. The van der Waals surface area contributed by atoms with Crippen molar-refractivity contribution in [3.8, 4) is 0 Å². The molecule has 0 aromatic rings. The molecule has 0 bridgehead atoms. The summed E-state index contributed by atoms with van der Waals surface area (Å²) >= 11 is 0. The van der Waals surface area contributed by atoms with Crippen molar-refractivity contribution in [3.05, 3.63) is 24.8 Å². The first-order valence-electron chi connectivity index (χ1n) is 6.68. The van der Waals surface area contributed by atoms with E-state index in [1.165, 1.54) is 0 Å². The molecule has 1 saturated heterocycles. The van der Waals surface area contributed by atoms with E-state index in [9.17, 15) is 4.79 Å². The first-order valence-corrected chi connectivity index (χ1v) is 6.68. The molecule has 1 fully saturated rings. The Morgan fingerprint density at radius 3 is 2.67 bits per heavy atom. The fraction of sp³-hybridized carbons (Fsp3) is 0.667. The Kier molecular flexibility index (Phi) is 4.03. The van der Waals surface area contributed by atoms with Crippen molar-refractivity contribution < 1.29 is 14.3 Å². The molecule has 18 heavy (non-hydrogen) atoms. The first-order chi connectivity index (χ1) is 8.58. The summed E-state index contributed by atoms with van der Waals surface area (Å²) in [5.41, 5.74) is 0.0635. The molecule has 1 unspecified atom stereocenters. The van der Waals surface area contributed by atoms with Gasteiger partial charge >= 0.3 is 0 Å². The molecule has 1 aliphatic carbocycles. The van der Waals surface area contributed by atoms with Gasteiger partial charge in [-0.1, -0.05) is 12.2 Å². The van der Waals surface area contributed by atoms with Gasteiger partial charge in [0.1, 0.15) is 0 Å². The normalized spacial score (nSPS) is 30.6. The van der Waals surface area contributed by atoms with E-state index < -0.39 is 5.79 Å². The highest BCUT2D eigenvalue weighted by molar-refractivity contribution is 5.90. The quantitative estimate of drug-likeness (QED) is 0.704. The standard InChI is InChI=1S/C15H22O3/c1-3-6-15(7-4-13(16)5-8-15)10-9-14(2)17-11-12-18-14/h3-4,7H,1,5-6,8-12H2,2H3. The van der Waals surface area contributed by atoms with Crippen molar-refractivity contribution in [3.63, 3.8) is 0 Å². The van der Waals surface area contributed by atoms with Gasteiger partial charge in [0, 0.05) is 12.8 Å². The van der Waals surface area contributed by atoms with Crippen molar-refractivity contribution in [2.75, 3.05) is 13.2 Å². The van der Waals surface area contributed by atoms with E-state index in [-0.39, 0.29) is 11.2 Å². The van der Waals surface area contributed by atoms with E-state index in [0.29, 0.717) is 19.6 Å². The third-order valence-electron chi connectivity index (χ3n) is 4.02. The molecule has 2 aliphatic rings. The predicted octanol–water partition coefficient (Wildman–Crippen LogP) is 3.01. The van der Waals surface area contributed by atoms with Crippen LogP contribution in [0.1, 0.15) is 39.0 Å². The number of ketones is 1. The van der Waals surface area contributed by atoms with Crippen molar-refractivity contribution >= 4 is 5.78 Å². The van der Waals surface area contributed by atoms with E-state index in [1.807, 2.05) is 13.0 Å². The highest BCUT2D eigenvalue weighted by Crippen LogP contribution is 2.41. The van der Waals surface area contributed by atoms with Crippen LogP contribution in [-0.2, 0) is 14.3 Å². The van der Waals surface area contributed by atoms with Crippen LogP contribution in [0.3, 0.4) is 0 Å². The molecule has 0 aromatic heterocycles.